The third kappa shape index (κ3) is 7.74. The fourth-order valence-electron chi connectivity index (χ4n) is 9.57. The van der Waals surface area contributed by atoms with E-state index in [4.69, 9.17) is 0 Å². The maximum Gasteiger partial charge on any atom is 0.0636 e. The summed E-state index contributed by atoms with van der Waals surface area (Å²) in [4.78, 5) is 2.29. The highest BCUT2D eigenvalue weighted by molar-refractivity contribution is 6.16. The molecule has 0 aliphatic rings. The van der Waals surface area contributed by atoms with Crippen molar-refractivity contribution in [3.8, 4) is 72.4 Å². The Kier molecular flexibility index (Phi) is 9.74. The lowest BCUT2D eigenvalue weighted by atomic mass is 9.91. The minimum Gasteiger partial charge on any atom is -0.310 e. The van der Waals surface area contributed by atoms with Crippen molar-refractivity contribution >= 4 is 38.9 Å². The molecule has 320 valence electrons. The maximum absolute atomic E-state index is 10.2. The van der Waals surface area contributed by atoms with Gasteiger partial charge in [0.15, 0.2) is 0 Å². The number of rotatable bonds is 10. The van der Waals surface area contributed by atoms with Crippen LogP contribution in [0.4, 0.5) is 17.1 Å². The largest absolute Gasteiger partial charge is 0.310 e. The summed E-state index contributed by atoms with van der Waals surface area (Å²) in [5.74, 6) is 0. The third-order valence-electron chi connectivity index (χ3n) is 12.8. The molecule has 0 saturated carbocycles. The van der Waals surface area contributed by atoms with E-state index in [-0.39, 0.29) is 18.1 Å². The molecule has 0 amide bonds. The highest BCUT2D eigenvalue weighted by Gasteiger charge is 2.19. The van der Waals surface area contributed by atoms with E-state index >= 15 is 0 Å². The van der Waals surface area contributed by atoms with Gasteiger partial charge >= 0.3 is 0 Å². The summed E-state index contributed by atoms with van der Waals surface area (Å²) in [6, 6.07) is 90.3. The van der Waals surface area contributed by atoms with Gasteiger partial charge in [-0.15, -0.1) is 0 Å². The SMILES string of the molecule is [2H]c1c(-c2ccccc2)c([2H])c(-c2cccc3c2c2ccccc2n3-c2ccccc2)c([2H])c1-c1ccc(N(c2ccc(-c3ccccc3)cc2)c2cc(-c3ccccc3)cc(-c3ccccc3)c2)cc1. The molecule has 0 bridgehead atoms. The molecule has 0 unspecified atom stereocenters. The molecule has 0 fully saturated rings. The van der Waals surface area contributed by atoms with E-state index < -0.39 is 0 Å². The lowest BCUT2D eigenvalue weighted by Crippen LogP contribution is -2.10. The Labute approximate surface area is 402 Å². The van der Waals surface area contributed by atoms with Crippen LogP contribution in [0.1, 0.15) is 4.11 Å². The molecule has 12 aromatic rings. The van der Waals surface area contributed by atoms with E-state index in [1.54, 1.807) is 0 Å². The first-order chi connectivity index (χ1) is 35.0. The van der Waals surface area contributed by atoms with Crippen LogP contribution in [0.2, 0.25) is 0 Å². The van der Waals surface area contributed by atoms with Gasteiger partial charge in [0, 0.05) is 33.5 Å². The standard InChI is InChI=1S/C66H46N2/c1-6-19-47(20-7-1)51-33-37-59(38-34-51)67(61-45-55(49-23-10-3-11-24-49)42-56(46-61)50-25-12-4-13-26-50)60-39-35-52(36-40-60)54-41-53(48-21-8-2-9-22-48)43-57(44-54)62-30-18-32-65-66(62)63-29-16-17-31-64(63)68(65)58-27-14-5-15-28-58/h1-46H/i41D,43D,44D. The second-order valence-electron chi connectivity index (χ2n) is 17.0. The Morgan fingerprint density at radius 3 is 1.21 bits per heavy atom. The van der Waals surface area contributed by atoms with E-state index in [9.17, 15) is 4.11 Å². The van der Waals surface area contributed by atoms with E-state index in [2.05, 4.69) is 173 Å². The third-order valence-corrected chi connectivity index (χ3v) is 12.8. The van der Waals surface area contributed by atoms with Crippen LogP contribution in [-0.2, 0) is 0 Å². The van der Waals surface area contributed by atoms with Crippen LogP contribution in [0.5, 0.6) is 0 Å². The quantitative estimate of drug-likeness (QED) is 0.133. The van der Waals surface area contributed by atoms with Crippen molar-refractivity contribution in [2.45, 2.75) is 0 Å². The molecule has 0 radical (unpaired) electrons. The predicted molar refractivity (Wildman–Crippen MR) is 288 cm³/mol. The van der Waals surface area contributed by atoms with E-state index in [1.165, 1.54) is 0 Å². The maximum atomic E-state index is 10.2. The van der Waals surface area contributed by atoms with Gasteiger partial charge in [-0.25, -0.2) is 0 Å². The fraction of sp³-hybridized carbons (Fsp3) is 0. The molecule has 12 rings (SSSR count). The number of hydrogen-bond acceptors (Lipinski definition) is 1. The van der Waals surface area contributed by atoms with Crippen molar-refractivity contribution in [1.29, 1.82) is 0 Å². The zero-order valence-electron chi connectivity index (χ0n) is 40.2. The molecule has 1 heterocycles. The van der Waals surface area contributed by atoms with Gasteiger partial charge in [0.05, 0.1) is 15.1 Å². The highest BCUT2D eigenvalue weighted by Crippen LogP contribution is 2.44. The van der Waals surface area contributed by atoms with E-state index in [0.717, 1.165) is 94.6 Å². The first kappa shape index (κ1) is 37.3. The summed E-state index contributed by atoms with van der Waals surface area (Å²) in [6.07, 6.45) is 0. The van der Waals surface area contributed by atoms with Crippen LogP contribution in [0, 0.1) is 0 Å². The number of hydrogen-bond donors (Lipinski definition) is 0. The summed E-state index contributed by atoms with van der Waals surface area (Å²) in [7, 11) is 0. The van der Waals surface area contributed by atoms with Gasteiger partial charge in [-0.1, -0.05) is 194 Å². The molecular weight excluding hydrogens is 821 g/mol. The second-order valence-corrected chi connectivity index (χ2v) is 17.0. The number of anilines is 3. The Bertz CT molecular complexity index is 3800. The molecule has 0 atom stereocenters. The van der Waals surface area contributed by atoms with Gasteiger partial charge in [0.25, 0.3) is 0 Å². The van der Waals surface area contributed by atoms with Crippen molar-refractivity contribution in [1.82, 2.24) is 4.57 Å². The van der Waals surface area contributed by atoms with Gasteiger partial charge in [0.2, 0.25) is 0 Å². The monoisotopic (exact) mass is 869 g/mol. The zero-order valence-corrected chi connectivity index (χ0v) is 37.2. The normalized spacial score (nSPS) is 11.9. The molecule has 68 heavy (non-hydrogen) atoms. The average Bonchev–Trinajstić information content (AvgIpc) is 3.78. The Morgan fingerprint density at radius 2 is 0.676 bits per heavy atom. The van der Waals surface area contributed by atoms with Crippen molar-refractivity contribution in [3.63, 3.8) is 0 Å². The van der Waals surface area contributed by atoms with E-state index in [1.807, 2.05) is 97.1 Å². The van der Waals surface area contributed by atoms with Gasteiger partial charge in [-0.3, -0.25) is 0 Å². The van der Waals surface area contributed by atoms with Crippen LogP contribution >= 0.6 is 0 Å². The number of fused-ring (bicyclic) bond motifs is 3. The topological polar surface area (TPSA) is 8.17 Å². The van der Waals surface area contributed by atoms with Crippen LogP contribution in [-0.4, -0.2) is 4.57 Å². The highest BCUT2D eigenvalue weighted by atomic mass is 15.1. The summed E-state index contributed by atoms with van der Waals surface area (Å²) < 4.78 is 32.3. The molecule has 11 aromatic carbocycles. The van der Waals surface area contributed by atoms with Crippen LogP contribution in [0.25, 0.3) is 94.3 Å². The van der Waals surface area contributed by atoms with Crippen molar-refractivity contribution < 1.29 is 4.11 Å². The number of nitrogens with zero attached hydrogens (tertiary/aromatic N) is 2. The minimum atomic E-state index is 0.146. The molecule has 1 aromatic heterocycles. The second kappa shape index (κ2) is 17.8. The van der Waals surface area contributed by atoms with Crippen LogP contribution in [0.15, 0.2) is 279 Å². The van der Waals surface area contributed by atoms with Gasteiger partial charge in [0.1, 0.15) is 0 Å². The average molecular weight is 870 g/mol. The fourth-order valence-corrected chi connectivity index (χ4v) is 9.57. The molecule has 2 nitrogen and oxygen atoms in total. The predicted octanol–water partition coefficient (Wildman–Crippen LogP) is 18.3. The molecule has 0 N–H and O–H groups in total. The molecular formula is C66H46N2. The van der Waals surface area contributed by atoms with Crippen LogP contribution in [0.3, 0.4) is 0 Å². The summed E-state index contributed by atoms with van der Waals surface area (Å²) >= 11 is 0. The van der Waals surface area contributed by atoms with Crippen LogP contribution < -0.4 is 4.90 Å². The smallest absolute Gasteiger partial charge is 0.0636 e. The number of benzene rings is 11. The summed E-state index contributed by atoms with van der Waals surface area (Å²) in [6.45, 7) is 0. The number of aromatic nitrogens is 1. The lowest BCUT2D eigenvalue weighted by molar-refractivity contribution is 1.18. The molecule has 0 saturated heterocycles. The molecule has 0 aliphatic carbocycles. The Balaban J connectivity index is 1.06. The molecule has 2 heteroatoms. The van der Waals surface area contributed by atoms with Crippen molar-refractivity contribution in [2.24, 2.45) is 0 Å². The first-order valence-corrected chi connectivity index (χ1v) is 23.1. The summed E-state index contributed by atoms with van der Waals surface area (Å²) in [5, 5.41) is 2.00. The van der Waals surface area contributed by atoms with E-state index in [0.29, 0.717) is 16.7 Å². The Morgan fingerprint density at radius 1 is 0.279 bits per heavy atom. The zero-order chi connectivity index (χ0) is 47.8. The van der Waals surface area contributed by atoms with Gasteiger partial charge in [-0.2, -0.15) is 0 Å². The molecule has 0 aliphatic heterocycles. The van der Waals surface area contributed by atoms with Gasteiger partial charge in [-0.05, 0) is 152 Å². The number of para-hydroxylation sites is 2. The van der Waals surface area contributed by atoms with Crippen molar-refractivity contribution in [2.75, 3.05) is 4.90 Å². The van der Waals surface area contributed by atoms with Gasteiger partial charge < -0.3 is 9.47 Å². The minimum absolute atomic E-state index is 0.146. The lowest BCUT2D eigenvalue weighted by Gasteiger charge is -2.27. The van der Waals surface area contributed by atoms with Crippen molar-refractivity contribution in [3.05, 3.63) is 279 Å². The first-order valence-electron chi connectivity index (χ1n) is 24.6. The Hall–Kier alpha value is -8.98. The summed E-state index contributed by atoms with van der Waals surface area (Å²) in [5.41, 5.74) is 16.4. The molecule has 0 spiro atoms.